The van der Waals surface area contributed by atoms with Crippen LogP contribution in [0.2, 0.25) is 0 Å². The number of rotatable bonds is 16. The molecule has 0 aliphatic carbocycles. The highest BCUT2D eigenvalue weighted by Gasteiger charge is 2.30. The fraction of sp³-hybridized carbons (Fsp3) is 0.500. The quantitative estimate of drug-likeness (QED) is 0.124. The fourth-order valence-corrected chi connectivity index (χ4v) is 4.09. The molecule has 0 fully saturated rings. The Kier molecular flexibility index (Phi) is 13.0. The number of anilines is 1. The summed E-state index contributed by atoms with van der Waals surface area (Å²) < 4.78 is 5.36. The van der Waals surface area contributed by atoms with E-state index >= 15 is 0 Å². The normalized spacial score (nSPS) is 14.1. The summed E-state index contributed by atoms with van der Waals surface area (Å²) in [4.78, 5) is 85.4. The first-order chi connectivity index (χ1) is 20.2. The van der Waals surface area contributed by atoms with E-state index in [-0.39, 0.29) is 30.8 Å². The Balaban J connectivity index is 2.04. The van der Waals surface area contributed by atoms with Gasteiger partial charge in [-0.1, -0.05) is 33.8 Å². The maximum absolute atomic E-state index is 13.0. The average molecular weight is 601 g/mol. The zero-order valence-electron chi connectivity index (χ0n) is 25.1. The van der Waals surface area contributed by atoms with Crippen LogP contribution < -0.4 is 16.0 Å². The predicted molar refractivity (Wildman–Crippen MR) is 155 cm³/mol. The molecule has 0 unspecified atom stereocenters. The lowest BCUT2D eigenvalue weighted by Gasteiger charge is -2.24. The number of hydrogen-bond donors (Lipinski definition) is 4. The molecule has 13 nitrogen and oxygen atoms in total. The first kappa shape index (κ1) is 34.7. The molecule has 4 N–H and O–H groups in total. The van der Waals surface area contributed by atoms with Crippen LogP contribution in [0.4, 0.5) is 5.69 Å². The van der Waals surface area contributed by atoms with Gasteiger partial charge < -0.3 is 25.8 Å². The maximum Gasteiger partial charge on any atom is 0.308 e. The highest BCUT2D eigenvalue weighted by Crippen LogP contribution is 2.21. The summed E-state index contributed by atoms with van der Waals surface area (Å²) in [7, 11) is 0. The van der Waals surface area contributed by atoms with Crippen molar-refractivity contribution in [2.75, 3.05) is 11.9 Å². The molecule has 2 atom stereocenters. The maximum atomic E-state index is 13.0. The van der Waals surface area contributed by atoms with E-state index in [9.17, 15) is 33.6 Å². The van der Waals surface area contributed by atoms with Crippen LogP contribution in [0.15, 0.2) is 30.4 Å². The van der Waals surface area contributed by atoms with Gasteiger partial charge in [-0.05, 0) is 55.4 Å². The number of aryl methyl sites for hydroxylation is 1. The summed E-state index contributed by atoms with van der Waals surface area (Å²) in [6.07, 6.45) is 3.66. The molecule has 1 aliphatic rings. The first-order valence-corrected chi connectivity index (χ1v) is 14.1. The molecule has 2 rings (SSSR count). The number of carbonyl (C=O) groups excluding carboxylic acids is 6. The number of esters is 1. The molecule has 0 aromatic heterocycles. The van der Waals surface area contributed by atoms with Crippen LogP contribution in [0.1, 0.15) is 65.0 Å². The van der Waals surface area contributed by atoms with Crippen molar-refractivity contribution in [1.29, 1.82) is 0 Å². The van der Waals surface area contributed by atoms with E-state index in [2.05, 4.69) is 16.0 Å². The number of carbonyl (C=O) groups is 7. The van der Waals surface area contributed by atoms with E-state index < -0.39 is 54.1 Å². The smallest absolute Gasteiger partial charge is 0.308 e. The summed E-state index contributed by atoms with van der Waals surface area (Å²) in [5.41, 5.74) is 1.94. The zero-order chi connectivity index (χ0) is 32.3. The van der Waals surface area contributed by atoms with Gasteiger partial charge in [0, 0.05) is 24.3 Å². The van der Waals surface area contributed by atoms with Gasteiger partial charge in [-0.2, -0.15) is 0 Å². The Morgan fingerprint density at radius 3 is 2.12 bits per heavy atom. The van der Waals surface area contributed by atoms with E-state index in [0.29, 0.717) is 24.9 Å². The van der Waals surface area contributed by atoms with Crippen molar-refractivity contribution in [3.63, 3.8) is 0 Å². The first-order valence-electron chi connectivity index (χ1n) is 14.1. The largest absolute Gasteiger partial charge is 0.481 e. The molecular formula is C30H40N4O9. The van der Waals surface area contributed by atoms with E-state index in [1.54, 1.807) is 45.9 Å². The van der Waals surface area contributed by atoms with Crippen LogP contribution in [0.5, 0.6) is 0 Å². The lowest BCUT2D eigenvalue weighted by molar-refractivity contribution is -0.148. The third-order valence-corrected chi connectivity index (χ3v) is 6.62. The summed E-state index contributed by atoms with van der Waals surface area (Å²) in [5, 5.41) is 16.8. The lowest BCUT2D eigenvalue weighted by Crippen LogP contribution is -2.55. The summed E-state index contributed by atoms with van der Waals surface area (Å²) in [6, 6.07) is 3.04. The topological polar surface area (TPSA) is 188 Å². The molecule has 0 saturated heterocycles. The van der Waals surface area contributed by atoms with Crippen molar-refractivity contribution in [2.45, 2.75) is 79.0 Å². The number of hydrogen-bond acceptors (Lipinski definition) is 8. The Morgan fingerprint density at radius 1 is 0.884 bits per heavy atom. The molecule has 234 valence electrons. The van der Waals surface area contributed by atoms with E-state index in [1.807, 2.05) is 0 Å². The molecule has 1 aromatic carbocycles. The van der Waals surface area contributed by atoms with Crippen molar-refractivity contribution in [3.8, 4) is 0 Å². The molecule has 5 amide bonds. The van der Waals surface area contributed by atoms with Gasteiger partial charge in [0.15, 0.2) is 0 Å². The number of imide groups is 1. The highest BCUT2D eigenvalue weighted by atomic mass is 16.5. The second kappa shape index (κ2) is 16.2. The van der Waals surface area contributed by atoms with Crippen molar-refractivity contribution in [2.24, 2.45) is 11.8 Å². The number of aliphatic carboxylic acids is 1. The molecule has 1 aromatic rings. The van der Waals surface area contributed by atoms with Gasteiger partial charge in [0.1, 0.15) is 25.2 Å². The van der Waals surface area contributed by atoms with E-state index in [0.717, 1.165) is 28.2 Å². The highest BCUT2D eigenvalue weighted by molar-refractivity contribution is 6.14. The number of amides is 5. The summed E-state index contributed by atoms with van der Waals surface area (Å²) >= 11 is 0. The number of benzene rings is 1. The molecule has 1 aliphatic heterocycles. The minimum absolute atomic E-state index is 0.0227. The van der Waals surface area contributed by atoms with Gasteiger partial charge in [-0.3, -0.25) is 38.5 Å². The van der Waals surface area contributed by atoms with Gasteiger partial charge in [-0.25, -0.2) is 0 Å². The number of carboxylic acids is 1. The third kappa shape index (κ3) is 11.0. The lowest BCUT2D eigenvalue weighted by atomic mass is 10.0. The molecular weight excluding hydrogens is 560 g/mol. The van der Waals surface area contributed by atoms with Gasteiger partial charge >= 0.3 is 11.9 Å². The molecule has 0 saturated carbocycles. The number of unbranched alkanes of at least 4 members (excludes halogenated alkanes) is 1. The number of ether oxygens (including phenoxy) is 1. The minimum atomic E-state index is -1.03. The molecule has 0 bridgehead atoms. The SMILES string of the molecule is CC(C)C(=O)OCc1ccc(NC(=O)[C@H](C)NC(=O)[C@@H](NC(=O)CN2C(=O)C=CC2=O)C(C)C)cc1CCCCC(=O)O. The third-order valence-electron chi connectivity index (χ3n) is 6.62. The van der Waals surface area contributed by atoms with Crippen LogP contribution in [0, 0.1) is 11.8 Å². The van der Waals surface area contributed by atoms with Crippen LogP contribution >= 0.6 is 0 Å². The summed E-state index contributed by atoms with van der Waals surface area (Å²) in [5.74, 6) is -5.01. The van der Waals surface area contributed by atoms with Gasteiger partial charge in [-0.15, -0.1) is 0 Å². The molecule has 0 spiro atoms. The Bertz CT molecular complexity index is 1250. The zero-order valence-corrected chi connectivity index (χ0v) is 25.1. The van der Waals surface area contributed by atoms with Crippen molar-refractivity contribution in [1.82, 2.24) is 15.5 Å². The number of nitrogens with zero attached hydrogens (tertiary/aromatic N) is 1. The molecule has 43 heavy (non-hydrogen) atoms. The fourth-order valence-electron chi connectivity index (χ4n) is 4.09. The predicted octanol–water partition coefficient (Wildman–Crippen LogP) is 1.69. The standard InChI is InChI=1S/C30H40N4O9/c1-17(2)27(33-23(35)15-34-24(36)12-13-25(34)37)29(41)31-19(5)28(40)32-22-11-10-21(16-43-30(42)18(3)4)20(14-22)8-6-7-9-26(38)39/h10-14,17-19,27H,6-9,15-16H2,1-5H3,(H,31,41)(H,32,40)(H,33,35)(H,38,39)/t19-,27-/m0/s1. The Morgan fingerprint density at radius 2 is 1.53 bits per heavy atom. The van der Waals surface area contributed by atoms with Crippen LogP contribution in [-0.4, -0.2) is 70.1 Å². The van der Waals surface area contributed by atoms with Crippen LogP contribution in [-0.2, 0) is 51.3 Å². The minimum Gasteiger partial charge on any atom is -0.481 e. The van der Waals surface area contributed by atoms with E-state index in [4.69, 9.17) is 9.84 Å². The number of nitrogens with one attached hydrogen (secondary N) is 3. The van der Waals surface area contributed by atoms with Crippen LogP contribution in [0.3, 0.4) is 0 Å². The second-order valence-corrected chi connectivity index (χ2v) is 11.0. The average Bonchev–Trinajstić information content (AvgIpc) is 3.24. The Hall–Kier alpha value is -4.55. The van der Waals surface area contributed by atoms with Gasteiger partial charge in [0.05, 0.1) is 5.92 Å². The van der Waals surface area contributed by atoms with Crippen molar-refractivity contribution >= 4 is 47.2 Å². The Labute approximate surface area is 250 Å². The van der Waals surface area contributed by atoms with Crippen molar-refractivity contribution < 1.29 is 43.4 Å². The van der Waals surface area contributed by atoms with Gasteiger partial charge in [0.2, 0.25) is 17.7 Å². The molecule has 13 heteroatoms. The monoisotopic (exact) mass is 600 g/mol. The van der Waals surface area contributed by atoms with Gasteiger partial charge in [0.25, 0.3) is 11.8 Å². The van der Waals surface area contributed by atoms with Crippen molar-refractivity contribution in [3.05, 3.63) is 41.5 Å². The summed E-state index contributed by atoms with van der Waals surface area (Å²) in [6.45, 7) is 7.81. The molecule has 0 radical (unpaired) electrons. The molecule has 1 heterocycles. The van der Waals surface area contributed by atoms with Crippen LogP contribution in [0.25, 0.3) is 0 Å². The van der Waals surface area contributed by atoms with E-state index in [1.165, 1.54) is 6.92 Å². The second-order valence-electron chi connectivity index (χ2n) is 11.0. The number of carboxylic acid groups (broad SMARTS) is 1.